The summed E-state index contributed by atoms with van der Waals surface area (Å²) in [5.41, 5.74) is 9.60. The molecule has 1 aromatic carbocycles. The lowest BCUT2D eigenvalue weighted by Gasteiger charge is -2.15. The van der Waals surface area contributed by atoms with E-state index in [9.17, 15) is 10.1 Å². The van der Waals surface area contributed by atoms with E-state index in [4.69, 9.17) is 5.73 Å². The molecule has 1 aliphatic rings. The van der Waals surface area contributed by atoms with E-state index in [1.54, 1.807) is 0 Å². The molecule has 0 aliphatic heterocycles. The molecule has 2 heterocycles. The van der Waals surface area contributed by atoms with E-state index < -0.39 is 0 Å². The van der Waals surface area contributed by atoms with Crippen LogP contribution in [-0.4, -0.2) is 21.9 Å². The molecular formula is C17H13N5OS3. The average Bonchev–Trinajstić information content (AvgIpc) is 3.22. The number of anilines is 2. The molecule has 4 rings (SSSR count). The second-order valence-electron chi connectivity index (χ2n) is 5.63. The lowest BCUT2D eigenvalue weighted by Crippen LogP contribution is -2.14. The standard InChI is InChI=1S/C17H13N5OS3/c18-7-12-11-6-5-9-3-1-2-4-10(9)14(11)25-15(12)20-13(23)8-24-17-22-21-16(19)26-17/h1-4H,5-6,8H2,(H2,19,21)(H,20,23). The van der Waals surface area contributed by atoms with E-state index in [2.05, 4.69) is 33.7 Å². The molecule has 9 heteroatoms. The number of nitrogens with two attached hydrogens (primary N) is 1. The Morgan fingerprint density at radius 1 is 1.31 bits per heavy atom. The van der Waals surface area contributed by atoms with E-state index in [1.165, 1.54) is 40.0 Å². The topological polar surface area (TPSA) is 105 Å². The summed E-state index contributed by atoms with van der Waals surface area (Å²) in [7, 11) is 0. The zero-order valence-corrected chi connectivity index (χ0v) is 15.9. The first-order chi connectivity index (χ1) is 12.7. The van der Waals surface area contributed by atoms with Crippen molar-refractivity contribution in [3.05, 3.63) is 41.0 Å². The van der Waals surface area contributed by atoms with Crippen molar-refractivity contribution in [1.29, 1.82) is 5.26 Å². The number of nitrogen functional groups attached to an aromatic ring is 1. The predicted octanol–water partition coefficient (Wildman–Crippen LogP) is 3.55. The summed E-state index contributed by atoms with van der Waals surface area (Å²) in [5, 5.41) is 21.1. The number of hydrogen-bond acceptors (Lipinski definition) is 8. The van der Waals surface area contributed by atoms with Gasteiger partial charge in [0.1, 0.15) is 11.1 Å². The fraction of sp³-hybridized carbons (Fsp3) is 0.176. The number of thioether (sulfide) groups is 1. The smallest absolute Gasteiger partial charge is 0.235 e. The van der Waals surface area contributed by atoms with Gasteiger partial charge in [-0.05, 0) is 29.5 Å². The van der Waals surface area contributed by atoms with Crippen LogP contribution in [0.4, 0.5) is 10.1 Å². The third-order valence-electron chi connectivity index (χ3n) is 4.03. The first-order valence-electron chi connectivity index (χ1n) is 7.81. The third kappa shape index (κ3) is 3.19. The summed E-state index contributed by atoms with van der Waals surface area (Å²) in [4.78, 5) is 13.4. The molecule has 2 aromatic heterocycles. The highest BCUT2D eigenvalue weighted by atomic mass is 32.2. The van der Waals surface area contributed by atoms with Crippen LogP contribution in [0.3, 0.4) is 0 Å². The van der Waals surface area contributed by atoms with E-state index in [0.717, 1.165) is 28.8 Å². The van der Waals surface area contributed by atoms with Crippen LogP contribution >= 0.6 is 34.4 Å². The minimum absolute atomic E-state index is 0.174. The van der Waals surface area contributed by atoms with Gasteiger partial charge in [-0.25, -0.2) is 0 Å². The van der Waals surface area contributed by atoms with Crippen LogP contribution in [0.15, 0.2) is 28.6 Å². The summed E-state index contributed by atoms with van der Waals surface area (Å²) in [6, 6.07) is 10.5. The normalized spacial score (nSPS) is 12.1. The molecule has 26 heavy (non-hydrogen) atoms. The number of hydrogen-bond donors (Lipinski definition) is 2. The second-order valence-corrected chi connectivity index (χ2v) is 8.88. The maximum Gasteiger partial charge on any atom is 0.235 e. The van der Waals surface area contributed by atoms with Crippen molar-refractivity contribution < 1.29 is 4.79 Å². The molecular weight excluding hydrogens is 386 g/mol. The number of carbonyl (C=O) groups excluding carboxylic acids is 1. The number of nitrogens with zero attached hydrogens (tertiary/aromatic N) is 3. The van der Waals surface area contributed by atoms with Gasteiger partial charge in [0.05, 0.1) is 11.3 Å². The molecule has 0 saturated carbocycles. The summed E-state index contributed by atoms with van der Waals surface area (Å²) in [5.74, 6) is 0.0192. The van der Waals surface area contributed by atoms with Gasteiger partial charge in [-0.3, -0.25) is 4.79 Å². The first-order valence-corrected chi connectivity index (χ1v) is 10.4. The number of rotatable bonds is 4. The van der Waals surface area contributed by atoms with Gasteiger partial charge in [-0.15, -0.1) is 21.5 Å². The second kappa shape index (κ2) is 7.07. The van der Waals surface area contributed by atoms with Crippen molar-refractivity contribution in [2.24, 2.45) is 0 Å². The zero-order chi connectivity index (χ0) is 18.1. The molecule has 0 radical (unpaired) electrons. The quantitative estimate of drug-likeness (QED) is 0.650. The monoisotopic (exact) mass is 399 g/mol. The summed E-state index contributed by atoms with van der Waals surface area (Å²) < 4.78 is 0.651. The predicted molar refractivity (Wildman–Crippen MR) is 106 cm³/mol. The van der Waals surface area contributed by atoms with Crippen molar-refractivity contribution >= 4 is 50.5 Å². The Balaban J connectivity index is 1.55. The van der Waals surface area contributed by atoms with Crippen molar-refractivity contribution in [2.75, 3.05) is 16.8 Å². The Morgan fingerprint density at radius 2 is 2.15 bits per heavy atom. The van der Waals surface area contributed by atoms with E-state index >= 15 is 0 Å². The van der Waals surface area contributed by atoms with E-state index in [1.807, 2.05) is 12.1 Å². The van der Waals surface area contributed by atoms with Crippen molar-refractivity contribution in [3.8, 4) is 16.5 Å². The molecule has 1 aliphatic carbocycles. The average molecular weight is 400 g/mol. The largest absolute Gasteiger partial charge is 0.374 e. The Morgan fingerprint density at radius 3 is 2.92 bits per heavy atom. The Kier molecular flexibility index (Phi) is 4.63. The van der Waals surface area contributed by atoms with Gasteiger partial charge in [0.25, 0.3) is 0 Å². The lowest BCUT2D eigenvalue weighted by atomic mass is 9.90. The molecule has 3 aromatic rings. The van der Waals surface area contributed by atoms with Crippen molar-refractivity contribution in [2.45, 2.75) is 17.2 Å². The molecule has 0 spiro atoms. The first kappa shape index (κ1) is 17.0. The molecule has 0 unspecified atom stereocenters. The minimum Gasteiger partial charge on any atom is -0.374 e. The molecule has 0 fully saturated rings. The number of nitrogens with one attached hydrogen (secondary N) is 1. The van der Waals surface area contributed by atoms with Gasteiger partial charge in [-0.1, -0.05) is 47.4 Å². The molecule has 3 N–H and O–H groups in total. The number of thiophene rings is 1. The summed E-state index contributed by atoms with van der Waals surface area (Å²) >= 11 is 4.00. The highest BCUT2D eigenvalue weighted by Gasteiger charge is 2.25. The number of fused-ring (bicyclic) bond motifs is 3. The molecule has 0 atom stereocenters. The van der Waals surface area contributed by atoms with Gasteiger partial charge in [-0.2, -0.15) is 5.26 Å². The van der Waals surface area contributed by atoms with Crippen molar-refractivity contribution in [3.63, 3.8) is 0 Å². The Labute approximate surface area is 162 Å². The highest BCUT2D eigenvalue weighted by Crippen LogP contribution is 2.44. The zero-order valence-electron chi connectivity index (χ0n) is 13.5. The van der Waals surface area contributed by atoms with Gasteiger partial charge >= 0.3 is 0 Å². The van der Waals surface area contributed by atoms with Gasteiger partial charge in [0.2, 0.25) is 11.0 Å². The summed E-state index contributed by atoms with van der Waals surface area (Å²) in [6.45, 7) is 0. The SMILES string of the molecule is N#Cc1c(NC(=O)CSc2nnc(N)s2)sc2c1CCc1ccccc1-2. The van der Waals surface area contributed by atoms with Crippen LogP contribution in [0, 0.1) is 11.3 Å². The van der Waals surface area contributed by atoms with Gasteiger partial charge < -0.3 is 11.1 Å². The Bertz CT molecular complexity index is 1030. The van der Waals surface area contributed by atoms with Crippen molar-refractivity contribution in [1.82, 2.24) is 10.2 Å². The van der Waals surface area contributed by atoms with Crippen LogP contribution in [0.1, 0.15) is 16.7 Å². The number of benzene rings is 1. The highest BCUT2D eigenvalue weighted by molar-refractivity contribution is 8.01. The van der Waals surface area contributed by atoms with Gasteiger partial charge in [0.15, 0.2) is 4.34 Å². The number of amides is 1. The van der Waals surface area contributed by atoms with E-state index in [0.29, 0.717) is 20.0 Å². The number of carbonyl (C=O) groups is 1. The van der Waals surface area contributed by atoms with Crippen LogP contribution in [-0.2, 0) is 17.6 Å². The minimum atomic E-state index is -0.174. The van der Waals surface area contributed by atoms with Crippen LogP contribution in [0.2, 0.25) is 0 Å². The summed E-state index contributed by atoms with van der Waals surface area (Å²) in [6.07, 6.45) is 1.73. The molecule has 130 valence electrons. The maximum absolute atomic E-state index is 12.3. The fourth-order valence-electron chi connectivity index (χ4n) is 2.92. The number of aromatic nitrogens is 2. The molecule has 0 saturated heterocycles. The third-order valence-corrected chi connectivity index (χ3v) is 7.09. The van der Waals surface area contributed by atoms with Crippen LogP contribution < -0.4 is 11.1 Å². The van der Waals surface area contributed by atoms with E-state index in [-0.39, 0.29) is 11.7 Å². The fourth-order valence-corrected chi connectivity index (χ4v) is 5.63. The van der Waals surface area contributed by atoms with Gasteiger partial charge in [0, 0.05) is 4.88 Å². The number of nitriles is 1. The van der Waals surface area contributed by atoms with Crippen LogP contribution in [0.5, 0.6) is 0 Å². The molecule has 1 amide bonds. The van der Waals surface area contributed by atoms with Crippen LogP contribution in [0.25, 0.3) is 10.4 Å². The number of aryl methyl sites for hydroxylation is 1. The molecule has 0 bridgehead atoms. The lowest BCUT2D eigenvalue weighted by molar-refractivity contribution is -0.113. The maximum atomic E-state index is 12.3. The Hall–Kier alpha value is -2.41. The molecule has 6 nitrogen and oxygen atoms in total.